The lowest BCUT2D eigenvalue weighted by Gasteiger charge is -2.06. The number of nitrogens with one attached hydrogen (secondary N) is 2. The molecule has 0 unspecified atom stereocenters. The van der Waals surface area contributed by atoms with Crippen LogP contribution in [0.1, 0.15) is 21.6 Å². The molecule has 2 aromatic rings. The van der Waals surface area contributed by atoms with Gasteiger partial charge in [0, 0.05) is 6.20 Å². The first-order valence-corrected chi connectivity index (χ1v) is 7.39. The molecule has 0 amide bonds. The van der Waals surface area contributed by atoms with Crippen LogP contribution in [0.25, 0.3) is 0 Å². The van der Waals surface area contributed by atoms with E-state index in [1.165, 1.54) is 24.4 Å². The molecule has 0 saturated heterocycles. The van der Waals surface area contributed by atoms with Crippen molar-refractivity contribution in [3.05, 3.63) is 53.3 Å². The molecule has 1 aromatic carbocycles. The van der Waals surface area contributed by atoms with E-state index in [1.807, 2.05) is 0 Å². The van der Waals surface area contributed by atoms with Crippen molar-refractivity contribution in [1.82, 2.24) is 14.9 Å². The first-order valence-electron chi connectivity index (χ1n) is 5.74. The number of hydrogen-bond acceptors (Lipinski definition) is 4. The number of rotatable bonds is 6. The third-order valence-corrected chi connectivity index (χ3v) is 3.87. The van der Waals surface area contributed by atoms with Crippen molar-refractivity contribution < 1.29 is 18.3 Å². The Morgan fingerprint density at radius 2 is 2.15 bits per heavy atom. The Morgan fingerprint density at radius 1 is 1.35 bits per heavy atom. The van der Waals surface area contributed by atoms with Gasteiger partial charge >= 0.3 is 5.97 Å². The van der Waals surface area contributed by atoms with Gasteiger partial charge in [-0.05, 0) is 23.8 Å². The van der Waals surface area contributed by atoms with Crippen LogP contribution in [0.5, 0.6) is 0 Å². The second-order valence-corrected chi connectivity index (χ2v) is 5.97. The van der Waals surface area contributed by atoms with Crippen LogP contribution in [0, 0.1) is 0 Å². The Morgan fingerprint density at radius 3 is 2.80 bits per heavy atom. The number of sulfonamides is 1. The minimum absolute atomic E-state index is 0.0614. The highest BCUT2D eigenvalue weighted by molar-refractivity contribution is 7.88. The molecule has 0 bridgehead atoms. The molecule has 106 valence electrons. The molecule has 0 atom stereocenters. The SMILES string of the molecule is O=C(O)c1cccc(CS(=O)(=O)NCc2ccn[nH]2)c1. The standard InChI is InChI=1S/C12H13N3O4S/c16-12(17)10-3-1-2-9(6-10)8-20(18,19)14-7-11-4-5-13-15-11/h1-6,14H,7-8H2,(H,13,15)(H,16,17). The summed E-state index contributed by atoms with van der Waals surface area (Å²) in [5.41, 5.74) is 1.13. The van der Waals surface area contributed by atoms with Gasteiger partial charge in [0.1, 0.15) is 0 Å². The van der Waals surface area contributed by atoms with E-state index in [4.69, 9.17) is 5.11 Å². The van der Waals surface area contributed by atoms with Crippen molar-refractivity contribution in [3.8, 4) is 0 Å². The molecule has 1 heterocycles. The molecule has 0 aliphatic rings. The number of aromatic carboxylic acids is 1. The van der Waals surface area contributed by atoms with Crippen molar-refractivity contribution in [1.29, 1.82) is 0 Å². The van der Waals surface area contributed by atoms with Crippen LogP contribution < -0.4 is 4.72 Å². The minimum atomic E-state index is -3.54. The highest BCUT2D eigenvalue weighted by atomic mass is 32.2. The smallest absolute Gasteiger partial charge is 0.335 e. The van der Waals surface area contributed by atoms with Crippen molar-refractivity contribution in [2.24, 2.45) is 0 Å². The monoisotopic (exact) mass is 295 g/mol. The van der Waals surface area contributed by atoms with E-state index in [0.29, 0.717) is 11.3 Å². The summed E-state index contributed by atoms with van der Waals surface area (Å²) in [6, 6.07) is 7.51. The molecule has 0 radical (unpaired) electrons. The molecular weight excluding hydrogens is 282 g/mol. The van der Waals surface area contributed by atoms with Crippen molar-refractivity contribution in [2.45, 2.75) is 12.3 Å². The van der Waals surface area contributed by atoms with E-state index in [0.717, 1.165) is 0 Å². The molecule has 20 heavy (non-hydrogen) atoms. The van der Waals surface area contributed by atoms with Crippen molar-refractivity contribution in [2.75, 3.05) is 0 Å². The summed E-state index contributed by atoms with van der Waals surface area (Å²) >= 11 is 0. The summed E-state index contributed by atoms with van der Waals surface area (Å²) in [4.78, 5) is 10.8. The van der Waals surface area contributed by atoms with E-state index in [-0.39, 0.29) is 17.9 Å². The number of aromatic amines is 1. The zero-order chi connectivity index (χ0) is 14.6. The molecule has 8 heteroatoms. The maximum absolute atomic E-state index is 11.9. The van der Waals surface area contributed by atoms with Crippen LogP contribution in [-0.2, 0) is 22.3 Å². The summed E-state index contributed by atoms with van der Waals surface area (Å²) in [5, 5.41) is 15.2. The van der Waals surface area contributed by atoms with Crippen molar-refractivity contribution >= 4 is 16.0 Å². The second kappa shape index (κ2) is 5.85. The largest absolute Gasteiger partial charge is 0.478 e. The molecule has 1 aromatic heterocycles. The van der Waals surface area contributed by atoms with Gasteiger partial charge in [0.2, 0.25) is 10.0 Å². The van der Waals surface area contributed by atoms with Gasteiger partial charge in [-0.2, -0.15) is 5.10 Å². The fourth-order valence-electron chi connectivity index (χ4n) is 1.64. The molecule has 3 N–H and O–H groups in total. The van der Waals surface area contributed by atoms with Gasteiger partial charge in [0.05, 0.1) is 23.6 Å². The van der Waals surface area contributed by atoms with Gasteiger partial charge < -0.3 is 5.11 Å². The fourth-order valence-corrected chi connectivity index (χ4v) is 2.73. The first kappa shape index (κ1) is 14.2. The first-order chi connectivity index (χ1) is 9.46. The van der Waals surface area contributed by atoms with Gasteiger partial charge in [0.25, 0.3) is 0 Å². The number of benzene rings is 1. The molecule has 0 aliphatic heterocycles. The Hall–Kier alpha value is -2.19. The van der Waals surface area contributed by atoms with E-state index in [2.05, 4.69) is 14.9 Å². The summed E-state index contributed by atoms with van der Waals surface area (Å²) < 4.78 is 26.2. The van der Waals surface area contributed by atoms with Crippen LogP contribution >= 0.6 is 0 Å². The maximum atomic E-state index is 11.9. The quantitative estimate of drug-likeness (QED) is 0.727. The highest BCUT2D eigenvalue weighted by Crippen LogP contribution is 2.09. The lowest BCUT2D eigenvalue weighted by atomic mass is 10.1. The zero-order valence-electron chi connectivity index (χ0n) is 10.4. The Kier molecular flexibility index (Phi) is 4.16. The van der Waals surface area contributed by atoms with Crippen LogP contribution in [0.4, 0.5) is 0 Å². The summed E-state index contributed by atoms with van der Waals surface area (Å²) in [6.07, 6.45) is 1.53. The molecule has 2 rings (SSSR count). The lowest BCUT2D eigenvalue weighted by molar-refractivity contribution is 0.0696. The molecule has 0 aliphatic carbocycles. The van der Waals surface area contributed by atoms with Crippen molar-refractivity contribution in [3.63, 3.8) is 0 Å². The lowest BCUT2D eigenvalue weighted by Crippen LogP contribution is -2.25. The van der Waals surface area contributed by atoms with Gasteiger partial charge in [-0.25, -0.2) is 17.9 Å². The number of carbonyl (C=O) groups is 1. The molecule has 0 saturated carbocycles. The average molecular weight is 295 g/mol. The molecular formula is C12H13N3O4S. The minimum Gasteiger partial charge on any atom is -0.478 e. The predicted octanol–water partition coefficient (Wildman–Crippen LogP) is 0.727. The Balaban J connectivity index is 2.04. The zero-order valence-corrected chi connectivity index (χ0v) is 11.2. The highest BCUT2D eigenvalue weighted by Gasteiger charge is 2.13. The predicted molar refractivity (Wildman–Crippen MR) is 71.5 cm³/mol. The number of carboxylic acid groups (broad SMARTS) is 1. The number of H-pyrrole nitrogens is 1. The van der Waals surface area contributed by atoms with Gasteiger partial charge in [0.15, 0.2) is 0 Å². The third-order valence-electron chi connectivity index (χ3n) is 2.57. The summed E-state index contributed by atoms with van der Waals surface area (Å²) in [5.74, 6) is -1.36. The molecule has 0 fully saturated rings. The summed E-state index contributed by atoms with van der Waals surface area (Å²) in [7, 11) is -3.54. The van der Waals surface area contributed by atoms with Crippen LogP contribution in [0.15, 0.2) is 36.5 Å². The Bertz CT molecular complexity index is 695. The van der Waals surface area contributed by atoms with Crippen LogP contribution in [0.3, 0.4) is 0 Å². The number of hydrogen-bond donors (Lipinski definition) is 3. The summed E-state index contributed by atoms with van der Waals surface area (Å²) in [6.45, 7) is 0.112. The van der Waals surface area contributed by atoms with E-state index in [1.54, 1.807) is 12.1 Å². The van der Waals surface area contributed by atoms with Crippen LogP contribution in [0.2, 0.25) is 0 Å². The maximum Gasteiger partial charge on any atom is 0.335 e. The van der Waals surface area contributed by atoms with Gasteiger partial charge in [-0.15, -0.1) is 0 Å². The normalized spacial score (nSPS) is 11.4. The van der Waals surface area contributed by atoms with Crippen LogP contribution in [-0.4, -0.2) is 29.7 Å². The number of carboxylic acids is 1. The number of nitrogens with zero attached hydrogens (tertiary/aromatic N) is 1. The Labute approximate surface area is 115 Å². The van der Waals surface area contributed by atoms with E-state index in [9.17, 15) is 13.2 Å². The topological polar surface area (TPSA) is 112 Å². The van der Waals surface area contributed by atoms with E-state index >= 15 is 0 Å². The van der Waals surface area contributed by atoms with Gasteiger partial charge in [-0.1, -0.05) is 12.1 Å². The molecule has 7 nitrogen and oxygen atoms in total. The fraction of sp³-hybridized carbons (Fsp3) is 0.167. The second-order valence-electron chi connectivity index (χ2n) is 4.17. The number of aromatic nitrogens is 2. The average Bonchev–Trinajstić information content (AvgIpc) is 2.89. The van der Waals surface area contributed by atoms with Gasteiger partial charge in [-0.3, -0.25) is 5.10 Å². The molecule has 0 spiro atoms. The van der Waals surface area contributed by atoms with E-state index < -0.39 is 16.0 Å². The third kappa shape index (κ3) is 3.90.